The first-order valence-electron chi connectivity index (χ1n) is 19.8. The van der Waals surface area contributed by atoms with Gasteiger partial charge in [0, 0.05) is 71.0 Å². The highest BCUT2D eigenvalue weighted by Crippen LogP contribution is 2.35. The molecule has 296 valence electrons. The third-order valence-corrected chi connectivity index (χ3v) is 11.6. The van der Waals surface area contributed by atoms with Gasteiger partial charge in [0.25, 0.3) is 5.91 Å². The molecule has 1 saturated carbocycles. The maximum Gasteiger partial charge on any atom is 0.329 e. The molecule has 1 unspecified atom stereocenters. The van der Waals surface area contributed by atoms with Crippen molar-refractivity contribution in [2.45, 2.75) is 57.5 Å². The zero-order valence-electron chi connectivity index (χ0n) is 32.6. The van der Waals surface area contributed by atoms with Crippen LogP contribution in [0, 0.1) is 36.0 Å². The Morgan fingerprint density at radius 1 is 0.983 bits per heavy atom. The Labute approximate surface area is 335 Å². The quantitative estimate of drug-likeness (QED) is 0.174. The normalized spacial score (nSPS) is 20.3. The van der Waals surface area contributed by atoms with Crippen LogP contribution in [0.15, 0.2) is 66.0 Å². The third kappa shape index (κ3) is 8.05. The minimum Gasteiger partial charge on any atom is -0.319 e. The molecule has 1 aromatic carbocycles. The molecular weight excluding hydrogens is 735 g/mol. The molecule has 15 nitrogen and oxygen atoms in total. The second-order valence-corrected chi connectivity index (χ2v) is 15.5. The molecule has 2 saturated heterocycles. The van der Waals surface area contributed by atoms with E-state index in [-0.39, 0.29) is 36.4 Å². The summed E-state index contributed by atoms with van der Waals surface area (Å²) in [7, 11) is 1.69. The average Bonchev–Trinajstić information content (AvgIpc) is 3.76. The number of nitrogens with one attached hydrogen (secondary N) is 2. The molecule has 5 aromatic rings. The van der Waals surface area contributed by atoms with Gasteiger partial charge in [-0.25, -0.2) is 4.79 Å². The first-order chi connectivity index (χ1) is 28.1. The van der Waals surface area contributed by atoms with Crippen LogP contribution in [0.3, 0.4) is 0 Å². The number of hydrogen-bond donors (Lipinski definition) is 2. The van der Waals surface area contributed by atoms with Crippen molar-refractivity contribution in [1.82, 2.24) is 44.0 Å². The van der Waals surface area contributed by atoms with E-state index in [4.69, 9.17) is 5.10 Å². The Morgan fingerprint density at radius 2 is 1.78 bits per heavy atom. The van der Waals surface area contributed by atoms with Crippen LogP contribution >= 0.6 is 0 Å². The van der Waals surface area contributed by atoms with Gasteiger partial charge in [-0.05, 0) is 74.8 Å². The summed E-state index contributed by atoms with van der Waals surface area (Å²) in [6.45, 7) is 7.45. The van der Waals surface area contributed by atoms with E-state index in [2.05, 4.69) is 42.2 Å². The summed E-state index contributed by atoms with van der Waals surface area (Å²) in [6, 6.07) is 12.5. The maximum atomic E-state index is 13.3. The monoisotopic (exact) mass is 779 g/mol. The van der Waals surface area contributed by atoms with Crippen molar-refractivity contribution in [2.24, 2.45) is 13.0 Å². The highest BCUT2D eigenvalue weighted by atomic mass is 16.2. The minimum atomic E-state index is -0.732. The van der Waals surface area contributed by atoms with Crippen molar-refractivity contribution < 1.29 is 14.4 Å². The van der Waals surface area contributed by atoms with Gasteiger partial charge in [-0.3, -0.25) is 48.4 Å². The lowest BCUT2D eigenvalue weighted by atomic mass is 9.85. The molecule has 6 heterocycles. The van der Waals surface area contributed by atoms with Gasteiger partial charge >= 0.3 is 5.69 Å². The largest absolute Gasteiger partial charge is 0.329 e. The molecule has 1 atom stereocenters. The van der Waals surface area contributed by atoms with E-state index in [0.29, 0.717) is 51.7 Å². The Bertz CT molecular complexity index is 2540. The lowest BCUT2D eigenvalue weighted by Gasteiger charge is -2.37. The van der Waals surface area contributed by atoms with Gasteiger partial charge in [0.05, 0.1) is 51.7 Å². The van der Waals surface area contributed by atoms with E-state index >= 15 is 0 Å². The molecule has 3 amide bonds. The van der Waals surface area contributed by atoms with Gasteiger partial charge in [0.1, 0.15) is 17.8 Å². The molecule has 1 aliphatic carbocycles. The summed E-state index contributed by atoms with van der Waals surface area (Å²) in [6.07, 6.45) is 11.2. The van der Waals surface area contributed by atoms with Crippen LogP contribution in [0.5, 0.6) is 0 Å². The number of pyridine rings is 2. The van der Waals surface area contributed by atoms with Crippen LogP contribution in [-0.2, 0) is 16.6 Å². The minimum absolute atomic E-state index is 0.194. The summed E-state index contributed by atoms with van der Waals surface area (Å²) in [5.41, 5.74) is 5.25. The number of piperazine rings is 1. The fourth-order valence-electron chi connectivity index (χ4n) is 8.39. The molecule has 58 heavy (non-hydrogen) atoms. The second-order valence-electron chi connectivity index (χ2n) is 15.5. The standard InChI is InChI=1S/C43H45N11O4/c1-28-8-13-34(46-23-28)39-35(47-41(56)32-21-30(22-44)24-45-25-32)27-53(49-39)33-11-9-29(10-12-33)26-52-19-17-51(18-20-52)16-4-6-31-5-3-7-36-40(31)50(2)43(58)54(36)37-14-15-38(55)48-42(37)57/h3,5,7-8,13,21,23-25,27,29,33,37H,9-12,14-20,26H2,1-2H3,(H,47,56)(H,48,55,57). The average molecular weight is 780 g/mol. The van der Waals surface area contributed by atoms with Crippen molar-refractivity contribution in [1.29, 1.82) is 5.26 Å². The van der Waals surface area contributed by atoms with Crippen LogP contribution in [0.25, 0.3) is 22.4 Å². The number of piperidine rings is 1. The number of fused-ring (bicyclic) bond motifs is 1. The SMILES string of the molecule is Cc1ccc(-c2nn(C3CCC(CN4CCN(CC#Cc5cccc6c5n(C)c(=O)n6C5CCC(=O)NC5=O)CC4)CC3)cc2NC(=O)c2cncc(C#N)c2)nc1. The molecule has 4 aromatic heterocycles. The van der Waals surface area contributed by atoms with Crippen LogP contribution in [-0.4, -0.2) is 95.7 Å². The van der Waals surface area contributed by atoms with Gasteiger partial charge in [-0.15, -0.1) is 0 Å². The van der Waals surface area contributed by atoms with Gasteiger partial charge < -0.3 is 10.2 Å². The van der Waals surface area contributed by atoms with Gasteiger partial charge in [0.15, 0.2) is 0 Å². The van der Waals surface area contributed by atoms with E-state index < -0.39 is 11.9 Å². The number of carbonyl (C=O) groups is 3. The highest BCUT2D eigenvalue weighted by molar-refractivity contribution is 6.05. The van der Waals surface area contributed by atoms with Gasteiger partial charge in [0.2, 0.25) is 11.8 Å². The van der Waals surface area contributed by atoms with Crippen LogP contribution in [0.1, 0.15) is 77.7 Å². The number of aromatic nitrogens is 6. The number of benzene rings is 1. The summed E-state index contributed by atoms with van der Waals surface area (Å²) in [4.78, 5) is 64.4. The van der Waals surface area contributed by atoms with Crippen molar-refractivity contribution >= 4 is 34.4 Å². The fraction of sp³-hybridized carbons (Fsp3) is 0.395. The molecule has 3 aliphatic rings. The fourth-order valence-corrected chi connectivity index (χ4v) is 8.39. The summed E-state index contributed by atoms with van der Waals surface area (Å²) >= 11 is 0. The Balaban J connectivity index is 0.854. The Kier molecular flexibility index (Phi) is 11.0. The van der Waals surface area contributed by atoms with E-state index in [1.165, 1.54) is 23.0 Å². The number of aryl methyl sites for hydroxylation is 2. The molecule has 3 fully saturated rings. The van der Waals surface area contributed by atoms with Crippen molar-refractivity contribution in [2.75, 3.05) is 44.6 Å². The van der Waals surface area contributed by atoms with Crippen molar-refractivity contribution in [3.63, 3.8) is 0 Å². The number of nitrogens with zero attached hydrogens (tertiary/aromatic N) is 9. The Morgan fingerprint density at radius 3 is 2.52 bits per heavy atom. The summed E-state index contributed by atoms with van der Waals surface area (Å²) in [5.74, 6) is 6.08. The number of amides is 3. The van der Waals surface area contributed by atoms with E-state index in [1.807, 2.05) is 54.2 Å². The first-order valence-corrected chi connectivity index (χ1v) is 19.8. The van der Waals surface area contributed by atoms with Gasteiger partial charge in [-0.1, -0.05) is 24.0 Å². The molecule has 15 heteroatoms. The zero-order chi connectivity index (χ0) is 40.3. The topological polar surface area (TPSA) is 176 Å². The summed E-state index contributed by atoms with van der Waals surface area (Å²) < 4.78 is 5.02. The molecular formula is C43H45N11O4. The number of hydrogen-bond acceptors (Lipinski definition) is 10. The van der Waals surface area contributed by atoms with E-state index in [9.17, 15) is 24.4 Å². The predicted molar refractivity (Wildman–Crippen MR) is 216 cm³/mol. The maximum absolute atomic E-state index is 13.3. The van der Waals surface area contributed by atoms with Crippen molar-refractivity contribution in [3.8, 4) is 29.3 Å². The van der Waals surface area contributed by atoms with Crippen LogP contribution in [0.2, 0.25) is 0 Å². The molecule has 8 rings (SSSR count). The van der Waals surface area contributed by atoms with Crippen LogP contribution in [0.4, 0.5) is 5.69 Å². The van der Waals surface area contributed by atoms with E-state index in [0.717, 1.165) is 69.5 Å². The summed E-state index contributed by atoms with van der Waals surface area (Å²) in [5, 5.41) is 19.6. The number of para-hydroxylation sites is 1. The number of rotatable bonds is 8. The lowest BCUT2D eigenvalue weighted by Crippen LogP contribution is -2.48. The van der Waals surface area contributed by atoms with Crippen LogP contribution < -0.4 is 16.3 Å². The van der Waals surface area contributed by atoms with Crippen molar-refractivity contribution in [3.05, 3.63) is 93.9 Å². The van der Waals surface area contributed by atoms with Gasteiger partial charge in [-0.2, -0.15) is 10.4 Å². The predicted octanol–water partition coefficient (Wildman–Crippen LogP) is 3.80. The lowest BCUT2D eigenvalue weighted by molar-refractivity contribution is -0.135. The molecule has 2 N–H and O–H groups in total. The zero-order valence-corrected chi connectivity index (χ0v) is 32.6. The second kappa shape index (κ2) is 16.6. The number of nitriles is 1. The molecule has 2 aliphatic heterocycles. The number of carbonyl (C=O) groups excluding carboxylic acids is 3. The number of anilines is 1. The third-order valence-electron chi connectivity index (χ3n) is 11.6. The Hall–Kier alpha value is -6.42. The van der Waals surface area contributed by atoms with E-state index in [1.54, 1.807) is 17.8 Å². The molecule has 0 radical (unpaired) electrons. The molecule has 0 bridgehead atoms. The number of imide groups is 1. The molecule has 0 spiro atoms. The highest BCUT2D eigenvalue weighted by Gasteiger charge is 2.32. The number of imidazole rings is 1. The first kappa shape index (κ1) is 38.5. The smallest absolute Gasteiger partial charge is 0.319 e.